The molecule has 0 saturated heterocycles. The van der Waals surface area contributed by atoms with Crippen molar-refractivity contribution in [1.82, 2.24) is 10.2 Å². The minimum absolute atomic E-state index is 0.457. The van der Waals surface area contributed by atoms with Crippen molar-refractivity contribution < 1.29 is 22.0 Å². The highest BCUT2D eigenvalue weighted by atomic mass is 19.3. The monoisotopic (exact) mass is 222 g/mol. The summed E-state index contributed by atoms with van der Waals surface area (Å²) in [5.74, 6) is -4.83. The molecule has 0 saturated carbocycles. The Morgan fingerprint density at radius 3 is 2.40 bits per heavy atom. The van der Waals surface area contributed by atoms with E-state index in [0.717, 1.165) is 0 Å². The maximum absolute atomic E-state index is 13.0. The van der Waals surface area contributed by atoms with Crippen LogP contribution in [0.1, 0.15) is 12.1 Å². The molecule has 1 N–H and O–H groups in total. The van der Waals surface area contributed by atoms with Crippen LogP contribution in [0.4, 0.5) is 22.0 Å². The number of aromatic nitrogens is 2. The molecule has 0 amide bonds. The number of H-pyrrole nitrogens is 1. The van der Waals surface area contributed by atoms with Crippen LogP contribution in [0.25, 0.3) is 10.9 Å². The minimum atomic E-state index is -2.96. The number of rotatable bonds is 1. The summed E-state index contributed by atoms with van der Waals surface area (Å²) < 4.78 is 63.0. The molecule has 0 aliphatic carbocycles. The van der Waals surface area contributed by atoms with Gasteiger partial charge in [0.25, 0.3) is 6.43 Å². The van der Waals surface area contributed by atoms with Crippen LogP contribution in [-0.4, -0.2) is 10.2 Å². The molecule has 2 rings (SSSR count). The lowest BCUT2D eigenvalue weighted by atomic mass is 10.2. The summed E-state index contributed by atoms with van der Waals surface area (Å²) in [4.78, 5) is 0. The Balaban J connectivity index is 2.83. The second-order valence-electron chi connectivity index (χ2n) is 2.82. The van der Waals surface area contributed by atoms with Crippen molar-refractivity contribution in [3.63, 3.8) is 0 Å². The number of hydrogen-bond acceptors (Lipinski definition) is 1. The van der Waals surface area contributed by atoms with Gasteiger partial charge in [0, 0.05) is 5.39 Å². The van der Waals surface area contributed by atoms with Crippen molar-refractivity contribution in [3.05, 3.63) is 29.2 Å². The van der Waals surface area contributed by atoms with Gasteiger partial charge in [0.1, 0.15) is 11.2 Å². The fourth-order valence-electron chi connectivity index (χ4n) is 1.24. The van der Waals surface area contributed by atoms with Gasteiger partial charge in [0.15, 0.2) is 17.5 Å². The number of halogens is 5. The number of benzene rings is 1. The van der Waals surface area contributed by atoms with Gasteiger partial charge >= 0.3 is 0 Å². The second kappa shape index (κ2) is 3.18. The fraction of sp³-hybridized carbons (Fsp3) is 0.125. The number of hydrogen-bond donors (Lipinski definition) is 1. The molecule has 2 nitrogen and oxygen atoms in total. The quantitative estimate of drug-likeness (QED) is 0.583. The average molecular weight is 222 g/mol. The summed E-state index contributed by atoms with van der Waals surface area (Å²) in [6.45, 7) is 0. The number of alkyl halides is 2. The van der Waals surface area contributed by atoms with E-state index in [0.29, 0.717) is 6.07 Å². The van der Waals surface area contributed by atoms with E-state index in [9.17, 15) is 22.0 Å². The Morgan fingerprint density at radius 2 is 1.80 bits per heavy atom. The molecule has 7 heteroatoms. The van der Waals surface area contributed by atoms with Crippen LogP contribution >= 0.6 is 0 Å². The Kier molecular flexibility index (Phi) is 2.09. The summed E-state index contributed by atoms with van der Waals surface area (Å²) in [5.41, 5.74) is -1.37. The van der Waals surface area contributed by atoms with Crippen molar-refractivity contribution in [1.29, 1.82) is 0 Å². The number of nitrogens with zero attached hydrogens (tertiary/aromatic N) is 1. The lowest BCUT2D eigenvalue weighted by Gasteiger charge is -1.97. The highest BCUT2D eigenvalue weighted by molar-refractivity contribution is 5.82. The van der Waals surface area contributed by atoms with Crippen LogP contribution in [0.15, 0.2) is 6.07 Å². The lowest BCUT2D eigenvalue weighted by Crippen LogP contribution is -1.92. The van der Waals surface area contributed by atoms with Gasteiger partial charge < -0.3 is 0 Å². The van der Waals surface area contributed by atoms with Crippen molar-refractivity contribution in [2.75, 3.05) is 0 Å². The minimum Gasteiger partial charge on any atom is -0.275 e. The van der Waals surface area contributed by atoms with Crippen LogP contribution in [-0.2, 0) is 0 Å². The van der Waals surface area contributed by atoms with E-state index in [1.165, 1.54) is 0 Å². The summed E-state index contributed by atoms with van der Waals surface area (Å²) >= 11 is 0. The van der Waals surface area contributed by atoms with Crippen molar-refractivity contribution in [2.24, 2.45) is 0 Å². The fourth-order valence-corrected chi connectivity index (χ4v) is 1.24. The standard InChI is InChI=1S/C8H3F5N2/c9-3-1-2-6(5(11)4(3)10)14-15-7(2)8(12)13/h1,8H,(H,14,15). The maximum atomic E-state index is 13.0. The molecule has 1 heterocycles. The molecule has 0 aliphatic rings. The predicted octanol–water partition coefficient (Wildman–Crippen LogP) is 2.92. The van der Waals surface area contributed by atoms with E-state index in [-0.39, 0.29) is 0 Å². The number of nitrogens with one attached hydrogen (secondary N) is 1. The van der Waals surface area contributed by atoms with Gasteiger partial charge in [-0.15, -0.1) is 0 Å². The van der Waals surface area contributed by atoms with Crippen LogP contribution in [0.5, 0.6) is 0 Å². The van der Waals surface area contributed by atoms with Gasteiger partial charge in [-0.3, -0.25) is 5.10 Å². The third-order valence-electron chi connectivity index (χ3n) is 1.93. The third kappa shape index (κ3) is 1.34. The summed E-state index contributed by atoms with van der Waals surface area (Å²) in [5, 5.41) is 4.53. The largest absolute Gasteiger partial charge is 0.280 e. The Hall–Kier alpha value is -1.66. The average Bonchev–Trinajstić information content (AvgIpc) is 2.58. The van der Waals surface area contributed by atoms with Gasteiger partial charge in [0.05, 0.1) is 0 Å². The second-order valence-corrected chi connectivity index (χ2v) is 2.82. The molecule has 0 spiro atoms. The van der Waals surface area contributed by atoms with E-state index >= 15 is 0 Å². The first kappa shape index (κ1) is 9.88. The zero-order chi connectivity index (χ0) is 11.2. The van der Waals surface area contributed by atoms with Gasteiger partial charge in [-0.05, 0) is 6.07 Å². The topological polar surface area (TPSA) is 28.7 Å². The van der Waals surface area contributed by atoms with Crippen LogP contribution in [0.3, 0.4) is 0 Å². The Morgan fingerprint density at radius 1 is 1.13 bits per heavy atom. The van der Waals surface area contributed by atoms with Gasteiger partial charge in [-0.25, -0.2) is 22.0 Å². The molecule has 1 aromatic heterocycles. The van der Waals surface area contributed by atoms with E-state index in [1.807, 2.05) is 5.10 Å². The Labute approximate surface area is 79.7 Å². The number of fused-ring (bicyclic) bond motifs is 1. The highest BCUT2D eigenvalue weighted by Gasteiger charge is 2.21. The molecular weight excluding hydrogens is 219 g/mol. The van der Waals surface area contributed by atoms with E-state index < -0.39 is 40.5 Å². The summed E-state index contributed by atoms with van der Waals surface area (Å²) in [7, 11) is 0. The van der Waals surface area contributed by atoms with Crippen molar-refractivity contribution in [3.8, 4) is 0 Å². The molecule has 0 fully saturated rings. The molecule has 0 aliphatic heterocycles. The van der Waals surface area contributed by atoms with Crippen molar-refractivity contribution in [2.45, 2.75) is 6.43 Å². The lowest BCUT2D eigenvalue weighted by molar-refractivity contribution is 0.147. The van der Waals surface area contributed by atoms with E-state index in [4.69, 9.17) is 0 Å². The third-order valence-corrected chi connectivity index (χ3v) is 1.93. The molecule has 0 radical (unpaired) electrons. The first-order valence-electron chi connectivity index (χ1n) is 3.82. The highest BCUT2D eigenvalue weighted by Crippen LogP contribution is 2.28. The molecule has 2 aromatic rings. The van der Waals surface area contributed by atoms with E-state index in [2.05, 4.69) is 5.10 Å². The number of aromatic amines is 1. The first-order chi connectivity index (χ1) is 7.02. The molecule has 15 heavy (non-hydrogen) atoms. The zero-order valence-electron chi connectivity index (χ0n) is 6.99. The zero-order valence-corrected chi connectivity index (χ0v) is 6.99. The SMILES string of the molecule is Fc1cc2c(C(F)F)[nH]nc2c(F)c1F. The maximum Gasteiger partial charge on any atom is 0.280 e. The summed E-state index contributed by atoms with van der Waals surface area (Å²) in [6.07, 6.45) is -2.96. The molecule has 0 atom stereocenters. The Bertz CT molecular complexity index is 519. The molecule has 80 valence electrons. The van der Waals surface area contributed by atoms with Gasteiger partial charge in [-0.2, -0.15) is 5.10 Å². The van der Waals surface area contributed by atoms with Gasteiger partial charge in [-0.1, -0.05) is 0 Å². The van der Waals surface area contributed by atoms with Crippen LogP contribution in [0.2, 0.25) is 0 Å². The summed E-state index contributed by atoms with van der Waals surface area (Å²) in [6, 6.07) is 0.485. The predicted molar refractivity (Wildman–Crippen MR) is 40.9 cm³/mol. The normalized spacial score (nSPS) is 11.6. The van der Waals surface area contributed by atoms with Crippen molar-refractivity contribution >= 4 is 10.9 Å². The molecule has 0 bridgehead atoms. The van der Waals surface area contributed by atoms with Crippen LogP contribution < -0.4 is 0 Å². The van der Waals surface area contributed by atoms with Crippen LogP contribution in [0, 0.1) is 17.5 Å². The molecule has 1 aromatic carbocycles. The molecule has 0 unspecified atom stereocenters. The first-order valence-corrected chi connectivity index (χ1v) is 3.82. The van der Waals surface area contributed by atoms with E-state index in [1.54, 1.807) is 0 Å². The molecular formula is C8H3F5N2. The smallest absolute Gasteiger partial charge is 0.275 e. The van der Waals surface area contributed by atoms with Gasteiger partial charge in [0.2, 0.25) is 0 Å².